The molecular formula is C14H10KNO3. The van der Waals surface area contributed by atoms with Gasteiger partial charge in [-0.2, -0.15) is 0 Å². The maximum absolute atomic E-state index is 11.0. The van der Waals surface area contributed by atoms with Crippen molar-refractivity contribution in [1.82, 2.24) is 0 Å². The number of esters is 1. The summed E-state index contributed by atoms with van der Waals surface area (Å²) in [5.74, 6) is 1.70. The Morgan fingerprint density at radius 2 is 2.05 bits per heavy atom. The number of ether oxygens (including phenoxy) is 2. The fourth-order valence-electron chi connectivity index (χ4n) is 2.10. The summed E-state index contributed by atoms with van der Waals surface area (Å²) in [6.07, 6.45) is 0. The molecule has 1 heterocycles. The molecular weight excluding hydrogens is 269 g/mol. The molecule has 0 aliphatic carbocycles. The van der Waals surface area contributed by atoms with Gasteiger partial charge in [-0.1, -0.05) is 0 Å². The minimum absolute atomic E-state index is 0.323. The van der Waals surface area contributed by atoms with Crippen molar-refractivity contribution in [2.24, 2.45) is 0 Å². The Balaban J connectivity index is 2.03. The van der Waals surface area contributed by atoms with E-state index < -0.39 is 0 Å². The molecule has 0 unspecified atom stereocenters. The Morgan fingerprint density at radius 1 is 1.26 bits per heavy atom. The normalized spacial score (nSPS) is 11.7. The zero-order valence-electron chi connectivity index (χ0n) is 10.7. The Labute approximate surface area is 144 Å². The van der Waals surface area contributed by atoms with Crippen LogP contribution in [-0.4, -0.2) is 54.9 Å². The van der Waals surface area contributed by atoms with Crippen LogP contribution in [0.5, 0.6) is 17.2 Å². The summed E-state index contributed by atoms with van der Waals surface area (Å²) < 4.78 is 12.1. The van der Waals surface area contributed by atoms with E-state index in [0.717, 1.165) is 16.8 Å². The first-order valence-corrected chi connectivity index (χ1v) is 7.56. The van der Waals surface area contributed by atoms with E-state index in [1.54, 1.807) is 6.07 Å². The van der Waals surface area contributed by atoms with E-state index in [2.05, 4.69) is 5.32 Å². The van der Waals surface area contributed by atoms with E-state index in [1.165, 1.54) is 6.92 Å². The standard InChI is InChI=1S/C14H10NO3.K/c1-9(16)17-10-6-7-12-14(8-10)18-13-5-3-2-4-11(13)15-12;/h2-6,8,15H,1H3;. The predicted octanol–water partition coefficient (Wildman–Crippen LogP) is 2.25. The van der Waals surface area contributed by atoms with Crippen LogP contribution in [0.3, 0.4) is 0 Å². The van der Waals surface area contributed by atoms with E-state index in [4.69, 9.17) is 9.47 Å². The number of fused-ring (bicyclic) bond motifs is 2. The van der Waals surface area contributed by atoms with Crippen molar-refractivity contribution in [1.29, 1.82) is 0 Å². The second-order valence-electron chi connectivity index (χ2n) is 4.43. The van der Waals surface area contributed by atoms with Crippen molar-refractivity contribution < 1.29 is 14.3 Å². The number of hydrogen-bond donors (Lipinski definition) is 1. The molecule has 4 nitrogen and oxygen atoms in total. The van der Waals surface area contributed by atoms with Gasteiger partial charge in [-0.15, -0.1) is 0 Å². The van der Waals surface area contributed by atoms with Crippen molar-refractivity contribution in [2.75, 3.05) is 5.32 Å². The third kappa shape index (κ3) is 2.70. The Hall–Kier alpha value is -0.854. The van der Waals surface area contributed by atoms with Crippen LogP contribution in [0.15, 0.2) is 36.4 Å². The van der Waals surface area contributed by atoms with Crippen LogP contribution in [0.4, 0.5) is 11.4 Å². The van der Waals surface area contributed by atoms with Gasteiger partial charge in [0.05, 0.1) is 0 Å². The average molecular weight is 279 g/mol. The molecule has 90 valence electrons. The van der Waals surface area contributed by atoms with Crippen molar-refractivity contribution in [3.63, 3.8) is 0 Å². The first-order chi connectivity index (χ1) is 9.13. The molecule has 1 N–H and O–H groups in total. The van der Waals surface area contributed by atoms with Crippen LogP contribution in [-0.2, 0) is 4.79 Å². The van der Waals surface area contributed by atoms with Gasteiger partial charge in [0.15, 0.2) is 0 Å². The number of nitrogens with one attached hydrogen (secondary N) is 1. The molecule has 0 atom stereocenters. The molecule has 0 amide bonds. The zero-order chi connectivity index (χ0) is 13.4. The topological polar surface area (TPSA) is 47.6 Å². The molecule has 19 heavy (non-hydrogen) atoms. The number of carbonyl (C=O) groups excluding carboxylic acids is 1. The molecule has 0 saturated heterocycles. The summed E-state index contributed by atoms with van der Waals surface area (Å²) in [6.45, 7) is 1.39. The van der Waals surface area contributed by atoms with Crippen molar-refractivity contribution >= 4 is 66.0 Å². The van der Waals surface area contributed by atoms with E-state index in [1.807, 2.05) is 30.3 Å². The van der Waals surface area contributed by atoms with Gasteiger partial charge in [-0.3, -0.25) is 0 Å². The van der Waals surface area contributed by atoms with Crippen LogP contribution >= 0.6 is 0 Å². The molecule has 0 fully saturated rings. The van der Waals surface area contributed by atoms with E-state index in [0.29, 0.717) is 60.5 Å². The van der Waals surface area contributed by atoms with E-state index >= 15 is 0 Å². The van der Waals surface area contributed by atoms with Crippen molar-refractivity contribution in [3.05, 3.63) is 36.4 Å². The number of para-hydroxylation sites is 2. The van der Waals surface area contributed by atoms with Crippen LogP contribution in [0, 0.1) is 0 Å². The van der Waals surface area contributed by atoms with Crippen LogP contribution in [0.1, 0.15) is 6.92 Å². The predicted molar refractivity (Wildman–Crippen MR) is 72.9 cm³/mol. The SMILES string of the molecule is CC(=O)Oc1c[c]([K])c2c(c1)Oc1ccccc1N2. The molecule has 1 aliphatic rings. The summed E-state index contributed by atoms with van der Waals surface area (Å²) in [6, 6.07) is 11.4. The third-order valence-electron chi connectivity index (χ3n) is 2.90. The first-order valence-electron chi connectivity index (χ1n) is 6.00. The summed E-state index contributed by atoms with van der Waals surface area (Å²) in [4.78, 5) is 11.0. The van der Waals surface area contributed by atoms with Gasteiger partial charge >= 0.3 is 146 Å². The summed E-state index contributed by atoms with van der Waals surface area (Å²) in [5.41, 5.74) is 1.94. The maximum atomic E-state index is 11.0. The van der Waals surface area contributed by atoms with Gasteiger partial charge in [0, 0.05) is 0 Å². The number of benzene rings is 2. The van der Waals surface area contributed by atoms with E-state index in [9.17, 15) is 4.79 Å². The molecule has 5 heteroatoms. The number of hydrogen-bond acceptors (Lipinski definition) is 4. The molecule has 0 aromatic heterocycles. The Morgan fingerprint density at radius 3 is 2.84 bits per heavy atom. The Bertz CT molecular complexity index is 670. The van der Waals surface area contributed by atoms with Gasteiger partial charge in [0.2, 0.25) is 0 Å². The number of anilines is 2. The minimum atomic E-state index is -0.323. The fourth-order valence-corrected chi connectivity index (χ4v) is 3.12. The van der Waals surface area contributed by atoms with E-state index in [-0.39, 0.29) is 5.97 Å². The zero-order valence-corrected chi connectivity index (χ0v) is 13.8. The molecule has 0 saturated carbocycles. The van der Waals surface area contributed by atoms with Crippen LogP contribution in [0.25, 0.3) is 0 Å². The summed E-state index contributed by atoms with van der Waals surface area (Å²) in [5, 5.41) is 3.37. The fraction of sp³-hybridized carbons (Fsp3) is 0.0714. The van der Waals surface area contributed by atoms with Gasteiger partial charge < -0.3 is 0 Å². The molecule has 2 aromatic rings. The first kappa shape index (κ1) is 13.1. The molecule has 1 aliphatic heterocycles. The van der Waals surface area contributed by atoms with Crippen LogP contribution in [0.2, 0.25) is 0 Å². The van der Waals surface area contributed by atoms with Gasteiger partial charge in [0.1, 0.15) is 0 Å². The third-order valence-corrected chi connectivity index (χ3v) is 4.13. The molecule has 2 aromatic carbocycles. The van der Waals surface area contributed by atoms with Crippen molar-refractivity contribution in [3.8, 4) is 17.2 Å². The Kier molecular flexibility index (Phi) is 3.64. The number of rotatable bonds is 1. The molecule has 0 spiro atoms. The second-order valence-corrected chi connectivity index (χ2v) is 6.11. The quantitative estimate of drug-likeness (QED) is 0.422. The van der Waals surface area contributed by atoms with Gasteiger partial charge in [-0.05, 0) is 0 Å². The number of carbonyl (C=O) groups is 1. The molecule has 0 radical (unpaired) electrons. The van der Waals surface area contributed by atoms with Gasteiger partial charge in [0.25, 0.3) is 0 Å². The van der Waals surface area contributed by atoms with Crippen LogP contribution < -0.4 is 14.4 Å². The average Bonchev–Trinajstić information content (AvgIpc) is 2.36. The molecule has 0 bridgehead atoms. The summed E-state index contributed by atoms with van der Waals surface area (Å²) >= 11 is 0.440. The second kappa shape index (κ2) is 5.26. The summed E-state index contributed by atoms with van der Waals surface area (Å²) in [7, 11) is 0. The van der Waals surface area contributed by atoms with Crippen molar-refractivity contribution in [2.45, 2.75) is 6.92 Å². The monoisotopic (exact) mass is 279 g/mol. The van der Waals surface area contributed by atoms with Gasteiger partial charge in [-0.25, -0.2) is 0 Å². The molecule has 3 rings (SSSR count).